The molecule has 1 saturated carbocycles. The summed E-state index contributed by atoms with van der Waals surface area (Å²) in [5, 5.41) is 21.8. The summed E-state index contributed by atoms with van der Waals surface area (Å²) in [7, 11) is 0. The van der Waals surface area contributed by atoms with Crippen molar-refractivity contribution in [2.24, 2.45) is 11.8 Å². The zero-order valence-electron chi connectivity index (χ0n) is 18.6. The molecule has 2 unspecified atom stereocenters. The maximum atomic E-state index is 12.6. The summed E-state index contributed by atoms with van der Waals surface area (Å²) in [6.07, 6.45) is 3.29. The molecule has 2 N–H and O–H groups in total. The Hall–Kier alpha value is -3.48. The van der Waals surface area contributed by atoms with E-state index >= 15 is 0 Å². The van der Waals surface area contributed by atoms with Gasteiger partial charge in [-0.25, -0.2) is 4.98 Å². The van der Waals surface area contributed by atoms with Crippen molar-refractivity contribution >= 4 is 17.6 Å². The normalized spacial score (nSPS) is 22.4. The van der Waals surface area contributed by atoms with Crippen molar-refractivity contribution in [1.29, 1.82) is 5.26 Å². The predicted octanol–water partition coefficient (Wildman–Crippen LogP) is 1.96. The second-order valence-corrected chi connectivity index (χ2v) is 9.02. The quantitative estimate of drug-likeness (QED) is 0.672. The summed E-state index contributed by atoms with van der Waals surface area (Å²) in [5.74, 6) is -0.0539. The first kappa shape index (κ1) is 22.3. The molecule has 1 aliphatic carbocycles. The zero-order chi connectivity index (χ0) is 23.7. The predicted molar refractivity (Wildman–Crippen MR) is 122 cm³/mol. The fourth-order valence-corrected chi connectivity index (χ4v) is 4.40. The third-order valence-corrected chi connectivity index (χ3v) is 6.52. The number of amides is 2. The highest BCUT2D eigenvalue weighted by molar-refractivity contribution is 5.99. The number of nitriles is 1. The van der Waals surface area contributed by atoms with Gasteiger partial charge in [-0.1, -0.05) is 6.07 Å². The molecule has 2 aromatic rings. The number of benzene rings is 1. The van der Waals surface area contributed by atoms with Crippen LogP contribution in [0, 0.1) is 23.2 Å². The largest absolute Gasteiger partial charge is 0.489 e. The Morgan fingerprint density at radius 2 is 1.91 bits per heavy atom. The highest BCUT2D eigenvalue weighted by atomic mass is 16.5. The summed E-state index contributed by atoms with van der Waals surface area (Å²) in [4.78, 5) is 30.8. The molecule has 0 spiro atoms. The summed E-state index contributed by atoms with van der Waals surface area (Å²) in [5.41, 5.74) is 2.06. The van der Waals surface area contributed by atoms with Crippen LogP contribution < -0.4 is 10.1 Å². The SMILES string of the molecule is N#Cc1cc(-c2ccnc(NC(=O)C3CC3C(=O)N3CC(O)C3)c2)ccc1OC1CCOCC1. The van der Waals surface area contributed by atoms with E-state index in [0.29, 0.717) is 49.9 Å². The van der Waals surface area contributed by atoms with Gasteiger partial charge in [0.2, 0.25) is 11.8 Å². The van der Waals surface area contributed by atoms with Gasteiger partial charge in [0.1, 0.15) is 23.7 Å². The molecule has 2 aliphatic heterocycles. The Morgan fingerprint density at radius 1 is 1.15 bits per heavy atom. The average molecular weight is 463 g/mol. The van der Waals surface area contributed by atoms with E-state index in [4.69, 9.17) is 9.47 Å². The Labute approximate surface area is 197 Å². The Morgan fingerprint density at radius 3 is 2.65 bits per heavy atom. The lowest BCUT2D eigenvalue weighted by molar-refractivity contribution is -0.143. The van der Waals surface area contributed by atoms with E-state index in [9.17, 15) is 20.0 Å². The topological polar surface area (TPSA) is 125 Å². The van der Waals surface area contributed by atoms with Crippen LogP contribution in [-0.2, 0) is 14.3 Å². The monoisotopic (exact) mass is 462 g/mol. The number of β-amino-alcohol motifs (C(OH)–C–C–N with tert-alkyl or cyclic N) is 1. The van der Waals surface area contributed by atoms with Crippen LogP contribution >= 0.6 is 0 Å². The number of pyridine rings is 1. The van der Waals surface area contributed by atoms with Gasteiger partial charge in [0, 0.05) is 32.1 Å². The van der Waals surface area contributed by atoms with Crippen LogP contribution in [0.25, 0.3) is 11.1 Å². The number of hydrogen-bond acceptors (Lipinski definition) is 7. The van der Waals surface area contributed by atoms with Crippen molar-refractivity contribution in [3.05, 3.63) is 42.1 Å². The minimum absolute atomic E-state index is 0.0405. The van der Waals surface area contributed by atoms with Crippen molar-refractivity contribution in [1.82, 2.24) is 9.88 Å². The number of carbonyl (C=O) groups excluding carboxylic acids is 2. The van der Waals surface area contributed by atoms with E-state index in [0.717, 1.165) is 24.0 Å². The Bertz CT molecular complexity index is 1130. The minimum atomic E-state index is -0.453. The first-order chi connectivity index (χ1) is 16.5. The fourth-order valence-electron chi connectivity index (χ4n) is 4.40. The van der Waals surface area contributed by atoms with Gasteiger partial charge >= 0.3 is 0 Å². The summed E-state index contributed by atoms with van der Waals surface area (Å²) in [6, 6.07) is 11.2. The number of aliphatic hydroxyl groups is 1. The number of rotatable bonds is 6. The second-order valence-electron chi connectivity index (χ2n) is 9.02. The number of nitrogens with one attached hydrogen (secondary N) is 1. The van der Waals surface area contributed by atoms with Crippen LogP contribution in [0.2, 0.25) is 0 Å². The third kappa shape index (κ3) is 4.74. The number of ether oxygens (including phenoxy) is 2. The van der Waals surface area contributed by atoms with Crippen molar-refractivity contribution in [3.8, 4) is 22.9 Å². The maximum Gasteiger partial charge on any atom is 0.229 e. The Balaban J connectivity index is 1.23. The van der Waals surface area contributed by atoms with Crippen LogP contribution in [0.5, 0.6) is 5.75 Å². The van der Waals surface area contributed by atoms with E-state index in [1.165, 1.54) is 0 Å². The smallest absolute Gasteiger partial charge is 0.229 e. The lowest BCUT2D eigenvalue weighted by Crippen LogP contribution is -2.54. The minimum Gasteiger partial charge on any atom is -0.489 e. The lowest BCUT2D eigenvalue weighted by atomic mass is 10.0. The molecule has 1 aromatic carbocycles. The number of nitrogens with zero attached hydrogens (tertiary/aromatic N) is 3. The number of aromatic nitrogens is 1. The maximum absolute atomic E-state index is 12.6. The third-order valence-electron chi connectivity index (χ3n) is 6.52. The van der Waals surface area contributed by atoms with Crippen LogP contribution in [0.1, 0.15) is 24.8 Å². The molecule has 9 heteroatoms. The standard InChI is InChI=1S/C25H26N4O5/c26-12-17-9-15(1-2-22(17)34-19-4-7-33-8-5-19)16-3-6-27-23(10-16)28-24(31)20-11-21(20)25(32)29-13-18(30)14-29/h1-3,6,9-10,18-21,30H,4-5,7-8,11,13-14H2,(H,27,28,31). The van der Waals surface area contributed by atoms with Gasteiger partial charge in [-0.15, -0.1) is 0 Å². The summed E-state index contributed by atoms with van der Waals surface area (Å²) >= 11 is 0. The molecule has 0 bridgehead atoms. The number of carbonyl (C=O) groups is 2. The van der Waals surface area contributed by atoms with Gasteiger partial charge in [-0.2, -0.15) is 5.26 Å². The number of anilines is 1. The Kier molecular flexibility index (Phi) is 6.18. The molecule has 2 atom stereocenters. The van der Waals surface area contributed by atoms with Crippen molar-refractivity contribution in [3.63, 3.8) is 0 Å². The molecule has 176 valence electrons. The van der Waals surface area contributed by atoms with Gasteiger partial charge in [0.25, 0.3) is 0 Å². The van der Waals surface area contributed by atoms with Gasteiger partial charge < -0.3 is 24.8 Å². The van der Waals surface area contributed by atoms with E-state index in [2.05, 4.69) is 16.4 Å². The molecule has 9 nitrogen and oxygen atoms in total. The first-order valence-electron chi connectivity index (χ1n) is 11.5. The molecule has 1 aromatic heterocycles. The molecule has 5 rings (SSSR count). The summed E-state index contributed by atoms with van der Waals surface area (Å²) in [6.45, 7) is 2.01. The van der Waals surface area contributed by atoms with Crippen LogP contribution in [0.15, 0.2) is 36.5 Å². The molecule has 3 fully saturated rings. The zero-order valence-corrected chi connectivity index (χ0v) is 18.6. The van der Waals surface area contributed by atoms with Crippen molar-refractivity contribution < 1.29 is 24.2 Å². The fraction of sp³-hybridized carbons (Fsp3) is 0.440. The molecular formula is C25H26N4O5. The van der Waals surface area contributed by atoms with E-state index < -0.39 is 6.10 Å². The molecular weight excluding hydrogens is 436 g/mol. The van der Waals surface area contributed by atoms with Gasteiger partial charge in [-0.05, 0) is 41.8 Å². The molecule has 2 saturated heterocycles. The molecule has 3 heterocycles. The van der Waals surface area contributed by atoms with Gasteiger partial charge in [0.15, 0.2) is 0 Å². The highest BCUT2D eigenvalue weighted by Crippen LogP contribution is 2.41. The van der Waals surface area contributed by atoms with E-state index in [1.807, 2.05) is 12.1 Å². The van der Waals surface area contributed by atoms with E-state index in [-0.39, 0.29) is 29.8 Å². The van der Waals surface area contributed by atoms with Crippen molar-refractivity contribution in [2.45, 2.75) is 31.5 Å². The van der Waals surface area contributed by atoms with Gasteiger partial charge in [-0.3, -0.25) is 9.59 Å². The molecule has 3 aliphatic rings. The van der Waals surface area contributed by atoms with Gasteiger partial charge in [0.05, 0.1) is 36.7 Å². The van der Waals surface area contributed by atoms with Crippen LogP contribution in [0.3, 0.4) is 0 Å². The summed E-state index contributed by atoms with van der Waals surface area (Å²) < 4.78 is 11.4. The first-order valence-corrected chi connectivity index (χ1v) is 11.5. The molecule has 2 amide bonds. The number of hydrogen-bond donors (Lipinski definition) is 2. The number of aliphatic hydroxyl groups excluding tert-OH is 1. The molecule has 0 radical (unpaired) electrons. The number of likely N-dealkylation sites (tertiary alicyclic amines) is 1. The van der Waals surface area contributed by atoms with E-state index in [1.54, 1.807) is 29.3 Å². The highest BCUT2D eigenvalue weighted by Gasteiger charge is 2.51. The van der Waals surface area contributed by atoms with Crippen LogP contribution in [-0.4, -0.2) is 65.3 Å². The van der Waals surface area contributed by atoms with Crippen molar-refractivity contribution in [2.75, 3.05) is 31.6 Å². The average Bonchev–Trinajstić information content (AvgIpc) is 3.64. The van der Waals surface area contributed by atoms with Crippen LogP contribution in [0.4, 0.5) is 5.82 Å². The molecule has 34 heavy (non-hydrogen) atoms. The second kappa shape index (κ2) is 9.41. The lowest BCUT2D eigenvalue weighted by Gasteiger charge is -2.36.